The van der Waals surface area contributed by atoms with E-state index in [1.165, 1.54) is 6.07 Å². The number of fused-ring (bicyclic) bond motifs is 1. The summed E-state index contributed by atoms with van der Waals surface area (Å²) in [4.78, 5) is 18.8. The minimum atomic E-state index is -4.65. The van der Waals surface area contributed by atoms with Gasteiger partial charge in [-0.25, -0.2) is 4.98 Å². The molecule has 2 aromatic carbocycles. The molecule has 2 heterocycles. The Balaban J connectivity index is 1.67. The highest BCUT2D eigenvalue weighted by Gasteiger charge is 2.38. The van der Waals surface area contributed by atoms with E-state index in [0.29, 0.717) is 12.1 Å². The number of halogens is 3. The number of hydrogen-bond acceptors (Lipinski definition) is 3. The Morgan fingerprint density at radius 2 is 1.84 bits per heavy atom. The number of likely N-dealkylation sites (tertiary alicyclic amines) is 1. The maximum Gasteiger partial charge on any atom is 0.449 e. The minimum Gasteiger partial charge on any atom is -0.497 e. The highest BCUT2D eigenvalue weighted by Crippen LogP contribution is 2.34. The number of aromatic nitrogens is 2. The largest absolute Gasteiger partial charge is 0.497 e. The molecular formula is C23H24F3N3O2. The number of ether oxygens (including phenoxy) is 1. The van der Waals surface area contributed by atoms with Crippen LogP contribution in [0.1, 0.15) is 43.1 Å². The molecule has 0 spiro atoms. The number of imidazole rings is 1. The van der Waals surface area contributed by atoms with Crippen molar-refractivity contribution in [2.24, 2.45) is 0 Å². The molecule has 0 radical (unpaired) electrons. The number of amides is 1. The van der Waals surface area contributed by atoms with Gasteiger partial charge in [0.2, 0.25) is 11.7 Å². The summed E-state index contributed by atoms with van der Waals surface area (Å²) < 4.78 is 47.1. The zero-order valence-corrected chi connectivity index (χ0v) is 17.2. The van der Waals surface area contributed by atoms with Gasteiger partial charge in [-0.2, -0.15) is 13.2 Å². The number of rotatable bonds is 4. The summed E-state index contributed by atoms with van der Waals surface area (Å²) in [6, 6.07) is 13.7. The monoisotopic (exact) mass is 431 g/mol. The fraction of sp³-hybridized carbons (Fsp3) is 0.391. The smallest absolute Gasteiger partial charge is 0.449 e. The molecule has 1 aromatic heterocycles. The van der Waals surface area contributed by atoms with E-state index in [9.17, 15) is 18.0 Å². The maximum atomic E-state index is 13.6. The average molecular weight is 431 g/mol. The molecule has 0 bridgehead atoms. The topological polar surface area (TPSA) is 47.4 Å². The second-order valence-corrected chi connectivity index (χ2v) is 7.73. The van der Waals surface area contributed by atoms with Crippen molar-refractivity contribution in [1.82, 2.24) is 14.5 Å². The van der Waals surface area contributed by atoms with Crippen LogP contribution in [0.15, 0.2) is 48.5 Å². The van der Waals surface area contributed by atoms with E-state index in [1.807, 2.05) is 24.3 Å². The lowest BCUT2D eigenvalue weighted by Crippen LogP contribution is -2.37. The Kier molecular flexibility index (Phi) is 5.89. The van der Waals surface area contributed by atoms with Gasteiger partial charge in [0, 0.05) is 6.54 Å². The molecule has 1 amide bonds. The van der Waals surface area contributed by atoms with Crippen LogP contribution in [0.5, 0.6) is 5.75 Å². The Bertz CT molecular complexity index is 1060. The summed E-state index contributed by atoms with van der Waals surface area (Å²) in [5.41, 5.74) is 1.49. The molecule has 4 rings (SSSR count). The summed E-state index contributed by atoms with van der Waals surface area (Å²) in [7, 11) is 1.59. The molecule has 0 N–H and O–H groups in total. The van der Waals surface area contributed by atoms with E-state index in [4.69, 9.17) is 4.74 Å². The minimum absolute atomic E-state index is 0.176. The van der Waals surface area contributed by atoms with E-state index in [0.717, 1.165) is 41.6 Å². The summed E-state index contributed by atoms with van der Waals surface area (Å²) in [6.07, 6.45) is -1.10. The molecule has 1 saturated heterocycles. The van der Waals surface area contributed by atoms with Crippen LogP contribution in [0, 0.1) is 0 Å². The van der Waals surface area contributed by atoms with Crippen molar-refractivity contribution >= 4 is 16.9 Å². The fourth-order valence-corrected chi connectivity index (χ4v) is 4.26. The van der Waals surface area contributed by atoms with Crippen molar-refractivity contribution in [3.05, 3.63) is 59.9 Å². The number of carbonyl (C=O) groups excluding carboxylic acids is 1. The molecule has 1 aliphatic heterocycles. The van der Waals surface area contributed by atoms with Gasteiger partial charge in [-0.15, -0.1) is 0 Å². The summed E-state index contributed by atoms with van der Waals surface area (Å²) in [6.45, 7) is 0.117. The van der Waals surface area contributed by atoms with E-state index < -0.39 is 18.5 Å². The van der Waals surface area contributed by atoms with Crippen LogP contribution in [0.4, 0.5) is 13.2 Å². The first-order valence-corrected chi connectivity index (χ1v) is 10.3. The summed E-state index contributed by atoms with van der Waals surface area (Å²) in [5.74, 6) is -0.663. The SMILES string of the molecule is COc1ccc([C@@H]2CCCCCN2C(=O)Cn2c(C(F)(F)F)nc3ccccc32)cc1. The Labute approximate surface area is 178 Å². The molecule has 164 valence electrons. The average Bonchev–Trinajstić information content (AvgIpc) is 2.95. The van der Waals surface area contributed by atoms with E-state index >= 15 is 0 Å². The third kappa shape index (κ3) is 4.38. The van der Waals surface area contributed by atoms with Gasteiger partial charge < -0.3 is 14.2 Å². The van der Waals surface area contributed by atoms with Gasteiger partial charge in [0.1, 0.15) is 12.3 Å². The molecule has 3 aromatic rings. The van der Waals surface area contributed by atoms with Gasteiger partial charge in [0.15, 0.2) is 0 Å². The second kappa shape index (κ2) is 8.61. The second-order valence-electron chi connectivity index (χ2n) is 7.73. The number of carbonyl (C=O) groups is 1. The number of methoxy groups -OCH3 is 1. The van der Waals surface area contributed by atoms with Gasteiger partial charge >= 0.3 is 6.18 Å². The first kappa shape index (κ1) is 21.2. The van der Waals surface area contributed by atoms with Crippen molar-refractivity contribution in [3.8, 4) is 5.75 Å². The zero-order chi connectivity index (χ0) is 22.0. The van der Waals surface area contributed by atoms with Crippen LogP contribution in [-0.4, -0.2) is 34.0 Å². The standard InChI is InChI=1S/C23H24F3N3O2/c1-31-17-12-10-16(11-13-17)19-8-3-2-6-14-28(19)21(30)15-29-20-9-5-4-7-18(20)27-22(29)23(24,25)26/h4-5,7,9-13,19H,2-3,6,8,14-15H2,1H3/t19-/m0/s1. The lowest BCUT2D eigenvalue weighted by atomic mass is 10.0. The summed E-state index contributed by atoms with van der Waals surface area (Å²) >= 11 is 0. The molecule has 8 heteroatoms. The van der Waals surface area contributed by atoms with Crippen LogP contribution < -0.4 is 4.74 Å². The lowest BCUT2D eigenvalue weighted by molar-refractivity contribution is -0.148. The van der Waals surface area contributed by atoms with Crippen molar-refractivity contribution < 1.29 is 22.7 Å². The zero-order valence-electron chi connectivity index (χ0n) is 17.2. The fourth-order valence-electron chi connectivity index (χ4n) is 4.26. The van der Waals surface area contributed by atoms with Crippen LogP contribution in [0.25, 0.3) is 11.0 Å². The molecule has 1 aliphatic rings. The third-order valence-electron chi connectivity index (χ3n) is 5.78. The summed E-state index contributed by atoms with van der Waals surface area (Å²) in [5, 5.41) is 0. The lowest BCUT2D eigenvalue weighted by Gasteiger charge is -2.31. The molecule has 0 saturated carbocycles. The first-order chi connectivity index (χ1) is 14.9. The predicted octanol–water partition coefficient (Wildman–Crippen LogP) is 5.21. The molecule has 1 atom stereocenters. The van der Waals surface area contributed by atoms with Crippen molar-refractivity contribution in [3.63, 3.8) is 0 Å². The number of benzene rings is 2. The van der Waals surface area contributed by atoms with Crippen LogP contribution in [0.2, 0.25) is 0 Å². The van der Waals surface area contributed by atoms with Crippen molar-refractivity contribution in [1.29, 1.82) is 0 Å². The molecule has 5 nitrogen and oxygen atoms in total. The van der Waals surface area contributed by atoms with Crippen LogP contribution >= 0.6 is 0 Å². The van der Waals surface area contributed by atoms with E-state index in [1.54, 1.807) is 30.2 Å². The van der Waals surface area contributed by atoms with Gasteiger partial charge in [-0.3, -0.25) is 4.79 Å². The number of alkyl halides is 3. The first-order valence-electron chi connectivity index (χ1n) is 10.3. The Morgan fingerprint density at radius 1 is 1.10 bits per heavy atom. The van der Waals surface area contributed by atoms with Crippen LogP contribution in [0.3, 0.4) is 0 Å². The Morgan fingerprint density at radius 3 is 2.55 bits per heavy atom. The van der Waals surface area contributed by atoms with Crippen molar-refractivity contribution in [2.45, 2.75) is 44.4 Å². The van der Waals surface area contributed by atoms with E-state index in [-0.39, 0.29) is 17.5 Å². The number of nitrogens with zero attached hydrogens (tertiary/aromatic N) is 3. The molecular weight excluding hydrogens is 407 g/mol. The highest BCUT2D eigenvalue weighted by molar-refractivity contribution is 5.81. The third-order valence-corrected chi connectivity index (χ3v) is 5.78. The Hall–Kier alpha value is -3.03. The molecule has 1 fully saturated rings. The van der Waals surface area contributed by atoms with Gasteiger partial charge in [0.05, 0.1) is 24.2 Å². The number of hydrogen-bond donors (Lipinski definition) is 0. The quantitative estimate of drug-likeness (QED) is 0.570. The molecule has 31 heavy (non-hydrogen) atoms. The molecule has 0 aliphatic carbocycles. The van der Waals surface area contributed by atoms with Gasteiger partial charge in [-0.05, 0) is 42.7 Å². The van der Waals surface area contributed by atoms with E-state index in [2.05, 4.69) is 4.98 Å². The van der Waals surface area contributed by atoms with Crippen LogP contribution in [-0.2, 0) is 17.5 Å². The maximum absolute atomic E-state index is 13.6. The predicted molar refractivity (Wildman–Crippen MR) is 111 cm³/mol. The highest BCUT2D eigenvalue weighted by atomic mass is 19.4. The van der Waals surface area contributed by atoms with Gasteiger partial charge in [0.25, 0.3) is 0 Å². The normalized spacial score (nSPS) is 17.5. The number of para-hydroxylation sites is 2. The van der Waals surface area contributed by atoms with Gasteiger partial charge in [-0.1, -0.05) is 37.1 Å². The van der Waals surface area contributed by atoms with Crippen molar-refractivity contribution in [2.75, 3.05) is 13.7 Å². The molecule has 0 unspecified atom stereocenters.